The highest BCUT2D eigenvalue weighted by molar-refractivity contribution is 6.00. The van der Waals surface area contributed by atoms with Crippen molar-refractivity contribution in [2.75, 3.05) is 5.32 Å². The highest BCUT2D eigenvalue weighted by Crippen LogP contribution is 2.24. The van der Waals surface area contributed by atoms with E-state index in [2.05, 4.69) is 5.32 Å². The number of benzene rings is 2. The SMILES string of the molecule is Cc1ccc(C(=O)CCC(=O)Nc2ccc(C(C)(C)C(=O)O)cc2)cc1. The molecular weight excluding hydrogens is 330 g/mol. The maximum Gasteiger partial charge on any atom is 0.313 e. The van der Waals surface area contributed by atoms with E-state index in [0.717, 1.165) is 5.56 Å². The number of carbonyl (C=O) groups excluding carboxylic acids is 2. The van der Waals surface area contributed by atoms with Crippen LogP contribution in [0.25, 0.3) is 0 Å². The van der Waals surface area contributed by atoms with Crippen molar-refractivity contribution in [1.29, 1.82) is 0 Å². The summed E-state index contributed by atoms with van der Waals surface area (Å²) in [4.78, 5) is 35.4. The van der Waals surface area contributed by atoms with E-state index in [4.69, 9.17) is 0 Å². The molecule has 0 aliphatic rings. The fourth-order valence-electron chi connectivity index (χ4n) is 2.43. The number of rotatable bonds is 7. The molecule has 0 aromatic heterocycles. The minimum absolute atomic E-state index is 0.0706. The van der Waals surface area contributed by atoms with Gasteiger partial charge in [0.25, 0.3) is 0 Å². The minimum atomic E-state index is -0.997. The molecule has 26 heavy (non-hydrogen) atoms. The van der Waals surface area contributed by atoms with Gasteiger partial charge < -0.3 is 10.4 Å². The minimum Gasteiger partial charge on any atom is -0.481 e. The van der Waals surface area contributed by atoms with Crippen LogP contribution in [0.5, 0.6) is 0 Å². The molecule has 2 aromatic carbocycles. The van der Waals surface area contributed by atoms with Crippen LogP contribution < -0.4 is 5.32 Å². The number of hydrogen-bond acceptors (Lipinski definition) is 3. The van der Waals surface area contributed by atoms with Gasteiger partial charge in [-0.1, -0.05) is 42.0 Å². The van der Waals surface area contributed by atoms with Crippen LogP contribution in [0.3, 0.4) is 0 Å². The van der Waals surface area contributed by atoms with Crippen LogP contribution in [0.4, 0.5) is 5.69 Å². The molecule has 0 spiro atoms. The highest BCUT2D eigenvalue weighted by atomic mass is 16.4. The molecule has 0 fully saturated rings. The number of hydrogen-bond donors (Lipinski definition) is 2. The summed E-state index contributed by atoms with van der Waals surface area (Å²) >= 11 is 0. The number of Topliss-reactive ketones (excluding diaryl/α,β-unsaturated/α-hetero) is 1. The highest BCUT2D eigenvalue weighted by Gasteiger charge is 2.29. The van der Waals surface area contributed by atoms with E-state index in [9.17, 15) is 19.5 Å². The van der Waals surface area contributed by atoms with Gasteiger partial charge in [0.05, 0.1) is 5.41 Å². The lowest BCUT2D eigenvalue weighted by Gasteiger charge is -2.19. The number of ketones is 1. The Morgan fingerprint density at radius 3 is 2.04 bits per heavy atom. The van der Waals surface area contributed by atoms with Gasteiger partial charge >= 0.3 is 5.97 Å². The fourth-order valence-corrected chi connectivity index (χ4v) is 2.43. The third-order valence-electron chi connectivity index (χ3n) is 4.38. The van der Waals surface area contributed by atoms with Crippen LogP contribution in [0.2, 0.25) is 0 Å². The van der Waals surface area contributed by atoms with Crippen LogP contribution in [-0.4, -0.2) is 22.8 Å². The average Bonchev–Trinajstić information content (AvgIpc) is 2.60. The van der Waals surface area contributed by atoms with E-state index < -0.39 is 11.4 Å². The molecule has 0 atom stereocenters. The Bertz CT molecular complexity index is 805. The third-order valence-corrected chi connectivity index (χ3v) is 4.38. The predicted octanol–water partition coefficient (Wildman–Crippen LogP) is 3.96. The number of anilines is 1. The van der Waals surface area contributed by atoms with Gasteiger partial charge in [-0.05, 0) is 38.5 Å². The molecule has 5 nitrogen and oxygen atoms in total. The number of carboxylic acids is 1. The van der Waals surface area contributed by atoms with E-state index >= 15 is 0 Å². The standard InChI is InChI=1S/C21H23NO4/c1-14-4-6-15(7-5-14)18(23)12-13-19(24)22-17-10-8-16(9-11-17)21(2,3)20(25)26/h4-11H,12-13H2,1-3H3,(H,22,24)(H,25,26). The quantitative estimate of drug-likeness (QED) is 0.738. The maximum atomic E-state index is 12.1. The molecule has 0 aliphatic heterocycles. The normalized spacial score (nSPS) is 11.0. The average molecular weight is 353 g/mol. The molecule has 2 N–H and O–H groups in total. The second kappa shape index (κ2) is 7.95. The van der Waals surface area contributed by atoms with Gasteiger partial charge in [-0.25, -0.2) is 0 Å². The van der Waals surface area contributed by atoms with Crippen LogP contribution in [-0.2, 0) is 15.0 Å². The molecule has 1 amide bonds. The Balaban J connectivity index is 1.90. The molecule has 0 heterocycles. The van der Waals surface area contributed by atoms with E-state index in [0.29, 0.717) is 16.8 Å². The van der Waals surface area contributed by atoms with Gasteiger partial charge in [0.1, 0.15) is 0 Å². The maximum absolute atomic E-state index is 12.1. The molecule has 0 saturated carbocycles. The van der Waals surface area contributed by atoms with Crippen molar-refractivity contribution in [3.63, 3.8) is 0 Å². The van der Waals surface area contributed by atoms with Crippen LogP contribution in [0, 0.1) is 6.92 Å². The lowest BCUT2D eigenvalue weighted by atomic mass is 9.85. The Labute approximate surface area is 153 Å². The van der Waals surface area contributed by atoms with Crippen molar-refractivity contribution in [1.82, 2.24) is 0 Å². The molecule has 2 aromatic rings. The first-order valence-electron chi connectivity index (χ1n) is 8.44. The monoisotopic (exact) mass is 353 g/mol. The van der Waals surface area contributed by atoms with Gasteiger partial charge in [0.2, 0.25) is 5.91 Å². The largest absolute Gasteiger partial charge is 0.481 e. The van der Waals surface area contributed by atoms with Crippen LogP contribution in [0.1, 0.15) is 48.2 Å². The smallest absolute Gasteiger partial charge is 0.313 e. The first-order valence-corrected chi connectivity index (χ1v) is 8.44. The molecule has 2 rings (SSSR count). The fraction of sp³-hybridized carbons (Fsp3) is 0.286. The van der Waals surface area contributed by atoms with Gasteiger partial charge in [-0.2, -0.15) is 0 Å². The topological polar surface area (TPSA) is 83.5 Å². The Morgan fingerprint density at radius 1 is 0.923 bits per heavy atom. The van der Waals surface area contributed by atoms with E-state index in [-0.39, 0.29) is 24.5 Å². The lowest BCUT2D eigenvalue weighted by molar-refractivity contribution is -0.142. The van der Waals surface area contributed by atoms with Crippen molar-refractivity contribution >= 4 is 23.3 Å². The summed E-state index contributed by atoms with van der Waals surface area (Å²) in [6.07, 6.45) is 0.230. The second-order valence-electron chi connectivity index (χ2n) is 6.84. The van der Waals surface area contributed by atoms with Gasteiger partial charge in [-0.15, -0.1) is 0 Å². The van der Waals surface area contributed by atoms with Crippen molar-refractivity contribution in [2.45, 2.75) is 39.0 Å². The van der Waals surface area contributed by atoms with Gasteiger partial charge in [-0.3, -0.25) is 14.4 Å². The first kappa shape index (κ1) is 19.4. The Kier molecular flexibility index (Phi) is 5.93. The summed E-state index contributed by atoms with van der Waals surface area (Å²) in [6, 6.07) is 14.0. The summed E-state index contributed by atoms with van der Waals surface area (Å²) in [5.41, 5.74) is 1.90. The zero-order chi connectivity index (χ0) is 19.3. The number of carboxylic acid groups (broad SMARTS) is 1. The number of aliphatic carboxylic acids is 1. The van der Waals surface area contributed by atoms with E-state index in [1.54, 1.807) is 50.2 Å². The lowest BCUT2D eigenvalue weighted by Crippen LogP contribution is -2.28. The molecule has 5 heteroatoms. The first-order chi connectivity index (χ1) is 12.2. The third kappa shape index (κ3) is 4.79. The van der Waals surface area contributed by atoms with E-state index in [1.807, 2.05) is 19.1 Å². The Morgan fingerprint density at radius 2 is 1.50 bits per heavy atom. The number of carbonyl (C=O) groups is 3. The van der Waals surface area contributed by atoms with Gasteiger partial charge in [0.15, 0.2) is 5.78 Å². The number of aryl methyl sites for hydroxylation is 1. The molecule has 0 bridgehead atoms. The summed E-state index contributed by atoms with van der Waals surface area (Å²) in [5, 5.41) is 12.0. The zero-order valence-corrected chi connectivity index (χ0v) is 15.2. The predicted molar refractivity (Wildman–Crippen MR) is 100 cm³/mol. The molecule has 0 saturated heterocycles. The van der Waals surface area contributed by atoms with Crippen LogP contribution >= 0.6 is 0 Å². The van der Waals surface area contributed by atoms with Crippen molar-refractivity contribution in [3.8, 4) is 0 Å². The van der Waals surface area contributed by atoms with Crippen LogP contribution in [0.15, 0.2) is 48.5 Å². The molecular formula is C21H23NO4. The Hall–Kier alpha value is -2.95. The zero-order valence-electron chi connectivity index (χ0n) is 15.2. The number of amides is 1. The summed E-state index contributed by atoms with van der Waals surface area (Å²) in [7, 11) is 0. The summed E-state index contributed by atoms with van der Waals surface area (Å²) < 4.78 is 0. The van der Waals surface area contributed by atoms with Crippen molar-refractivity contribution in [3.05, 3.63) is 65.2 Å². The van der Waals surface area contributed by atoms with Crippen molar-refractivity contribution in [2.24, 2.45) is 0 Å². The number of nitrogens with one attached hydrogen (secondary N) is 1. The van der Waals surface area contributed by atoms with Crippen molar-refractivity contribution < 1.29 is 19.5 Å². The molecule has 136 valence electrons. The summed E-state index contributed by atoms with van der Waals surface area (Å²) in [6.45, 7) is 5.20. The van der Waals surface area contributed by atoms with E-state index in [1.165, 1.54) is 0 Å². The molecule has 0 radical (unpaired) electrons. The second-order valence-corrected chi connectivity index (χ2v) is 6.84. The molecule has 0 unspecified atom stereocenters. The summed E-state index contributed by atoms with van der Waals surface area (Å²) in [5.74, 6) is -1.24. The van der Waals surface area contributed by atoms with Gasteiger partial charge in [0, 0.05) is 24.1 Å². The molecule has 0 aliphatic carbocycles.